The summed E-state index contributed by atoms with van der Waals surface area (Å²) in [4.78, 5) is 17.9. The molecule has 2 aliphatic heterocycles. The first kappa shape index (κ1) is 17.5. The van der Waals surface area contributed by atoms with Gasteiger partial charge in [-0.15, -0.1) is 0 Å². The molecule has 29 heavy (non-hydrogen) atoms. The van der Waals surface area contributed by atoms with Gasteiger partial charge in [-0.2, -0.15) is 0 Å². The van der Waals surface area contributed by atoms with Crippen molar-refractivity contribution < 1.29 is 4.79 Å². The van der Waals surface area contributed by atoms with Gasteiger partial charge in [0, 0.05) is 24.8 Å². The molecular weight excluding hydrogens is 358 g/mol. The Kier molecular flexibility index (Phi) is 3.98. The van der Waals surface area contributed by atoms with Gasteiger partial charge in [-0.1, -0.05) is 36.4 Å². The Labute approximate surface area is 172 Å². The number of carbonyl (C=O) groups is 1. The molecule has 4 aliphatic rings. The van der Waals surface area contributed by atoms with E-state index < -0.39 is 0 Å². The molecule has 4 nitrogen and oxygen atoms in total. The van der Waals surface area contributed by atoms with E-state index in [0.717, 1.165) is 37.5 Å². The summed E-state index contributed by atoms with van der Waals surface area (Å²) in [6.45, 7) is 2.62. The van der Waals surface area contributed by atoms with Crippen molar-refractivity contribution in [3.8, 4) is 0 Å². The van der Waals surface area contributed by atoms with Crippen molar-refractivity contribution in [3.05, 3.63) is 65.2 Å². The predicted octanol–water partition coefficient (Wildman–Crippen LogP) is 3.98. The number of hydrogen-bond donors (Lipinski definition) is 1. The number of nitrogens with zero attached hydrogens (tertiary/aromatic N) is 2. The monoisotopic (exact) mass is 387 g/mol. The van der Waals surface area contributed by atoms with Gasteiger partial charge in [0.1, 0.15) is 5.54 Å². The Morgan fingerprint density at radius 3 is 2.66 bits per heavy atom. The maximum absolute atomic E-state index is 12.9. The van der Waals surface area contributed by atoms with Gasteiger partial charge in [0.05, 0.1) is 6.67 Å². The van der Waals surface area contributed by atoms with Crippen LogP contribution in [0.5, 0.6) is 0 Å². The molecule has 1 spiro atoms. The van der Waals surface area contributed by atoms with Gasteiger partial charge in [0.25, 0.3) is 0 Å². The number of hydrogen-bond acceptors (Lipinski definition) is 3. The molecule has 150 valence electrons. The van der Waals surface area contributed by atoms with E-state index in [1.165, 1.54) is 25.7 Å². The molecule has 2 unspecified atom stereocenters. The van der Waals surface area contributed by atoms with Gasteiger partial charge in [0.2, 0.25) is 5.91 Å². The van der Waals surface area contributed by atoms with E-state index in [1.807, 2.05) is 6.07 Å². The summed E-state index contributed by atoms with van der Waals surface area (Å²) < 4.78 is 0. The van der Waals surface area contributed by atoms with Crippen molar-refractivity contribution in [1.29, 1.82) is 0 Å². The van der Waals surface area contributed by atoms with Crippen molar-refractivity contribution in [2.45, 2.75) is 56.0 Å². The van der Waals surface area contributed by atoms with Gasteiger partial charge in [-0.3, -0.25) is 9.69 Å². The van der Waals surface area contributed by atoms with Crippen molar-refractivity contribution in [3.63, 3.8) is 0 Å². The fraction of sp³-hybridized carbons (Fsp3) is 0.480. The van der Waals surface area contributed by atoms with E-state index >= 15 is 0 Å². The van der Waals surface area contributed by atoms with Gasteiger partial charge in [-0.05, 0) is 73.3 Å². The van der Waals surface area contributed by atoms with Crippen molar-refractivity contribution in [2.24, 2.45) is 0 Å². The number of anilines is 1. The number of para-hydroxylation sites is 1. The lowest BCUT2D eigenvalue weighted by Gasteiger charge is -2.45. The lowest BCUT2D eigenvalue weighted by atomic mass is 9.84. The lowest BCUT2D eigenvalue weighted by Crippen LogP contribution is -2.56. The largest absolute Gasteiger partial charge is 0.339 e. The summed E-state index contributed by atoms with van der Waals surface area (Å²) in [5, 5.41) is 3.13. The van der Waals surface area contributed by atoms with Gasteiger partial charge >= 0.3 is 0 Å². The number of rotatable bonds is 2. The average Bonchev–Trinajstić information content (AvgIpc) is 3.30. The first-order valence-corrected chi connectivity index (χ1v) is 11.2. The molecule has 2 aromatic carbocycles. The molecule has 2 saturated heterocycles. The lowest BCUT2D eigenvalue weighted by molar-refractivity contribution is -0.125. The zero-order valence-corrected chi connectivity index (χ0v) is 16.9. The highest BCUT2D eigenvalue weighted by atomic mass is 16.2. The molecule has 2 aliphatic carbocycles. The number of amides is 1. The van der Waals surface area contributed by atoms with Crippen molar-refractivity contribution in [2.75, 3.05) is 24.7 Å². The number of likely N-dealkylation sites (tertiary alicyclic amines) is 1. The second kappa shape index (κ2) is 6.60. The number of nitrogens with one attached hydrogen (secondary N) is 1. The summed E-state index contributed by atoms with van der Waals surface area (Å²) in [5.41, 5.74) is 5.63. The first-order chi connectivity index (χ1) is 14.3. The Morgan fingerprint density at radius 2 is 1.83 bits per heavy atom. The minimum Gasteiger partial charge on any atom is -0.339 e. The van der Waals surface area contributed by atoms with Crippen LogP contribution in [0.15, 0.2) is 48.5 Å². The van der Waals surface area contributed by atoms with Crippen LogP contribution < -0.4 is 10.2 Å². The SMILES string of the molecule is O=C1NCN(c2ccccc2)C12CCN(C1CC3CCCc4cccc1c43)CC2. The quantitative estimate of drug-likeness (QED) is 0.847. The summed E-state index contributed by atoms with van der Waals surface area (Å²) in [6.07, 6.45) is 7.02. The molecule has 2 fully saturated rings. The molecule has 0 aromatic heterocycles. The van der Waals surface area contributed by atoms with Crippen LogP contribution in [-0.2, 0) is 11.2 Å². The van der Waals surface area contributed by atoms with Crippen LogP contribution in [-0.4, -0.2) is 36.1 Å². The fourth-order valence-electron chi connectivity index (χ4n) is 6.54. The van der Waals surface area contributed by atoms with E-state index in [4.69, 9.17) is 0 Å². The van der Waals surface area contributed by atoms with Crippen LogP contribution in [0.25, 0.3) is 0 Å². The summed E-state index contributed by atoms with van der Waals surface area (Å²) in [6, 6.07) is 18.0. The number of carbonyl (C=O) groups excluding carboxylic acids is 1. The molecule has 2 aromatic rings. The maximum atomic E-state index is 12.9. The van der Waals surface area contributed by atoms with Crippen LogP contribution in [0.2, 0.25) is 0 Å². The first-order valence-electron chi connectivity index (χ1n) is 11.2. The molecule has 4 heteroatoms. The third kappa shape index (κ3) is 2.58. The fourth-order valence-corrected chi connectivity index (χ4v) is 6.54. The highest BCUT2D eigenvalue weighted by Gasteiger charge is 2.51. The van der Waals surface area contributed by atoms with E-state index in [9.17, 15) is 4.79 Å². The van der Waals surface area contributed by atoms with Gasteiger partial charge in [-0.25, -0.2) is 0 Å². The normalized spacial score (nSPS) is 27.9. The zero-order chi connectivity index (χ0) is 19.4. The minimum absolute atomic E-state index is 0.214. The molecule has 2 heterocycles. The Hall–Kier alpha value is -2.33. The number of aryl methyl sites for hydroxylation is 1. The molecule has 1 amide bonds. The molecule has 0 bridgehead atoms. The number of benzene rings is 2. The Morgan fingerprint density at radius 1 is 1.00 bits per heavy atom. The molecule has 2 atom stereocenters. The second-order valence-corrected chi connectivity index (χ2v) is 9.26. The number of piperidine rings is 1. The third-order valence-electron chi connectivity index (χ3n) is 7.97. The molecule has 0 saturated carbocycles. The Bertz CT molecular complexity index is 932. The van der Waals surface area contributed by atoms with Crippen LogP contribution in [0.4, 0.5) is 5.69 Å². The molecular formula is C25H29N3O. The predicted molar refractivity (Wildman–Crippen MR) is 115 cm³/mol. The molecule has 1 N–H and O–H groups in total. The van der Waals surface area contributed by atoms with Crippen LogP contribution in [0, 0.1) is 0 Å². The van der Waals surface area contributed by atoms with Gasteiger partial charge < -0.3 is 10.2 Å². The topological polar surface area (TPSA) is 35.6 Å². The average molecular weight is 388 g/mol. The highest BCUT2D eigenvalue weighted by Crippen LogP contribution is 2.50. The van der Waals surface area contributed by atoms with Crippen molar-refractivity contribution in [1.82, 2.24) is 10.2 Å². The van der Waals surface area contributed by atoms with E-state index in [1.54, 1.807) is 16.7 Å². The van der Waals surface area contributed by atoms with Crippen molar-refractivity contribution >= 4 is 11.6 Å². The molecule has 0 radical (unpaired) electrons. The maximum Gasteiger partial charge on any atom is 0.247 e. The second-order valence-electron chi connectivity index (χ2n) is 9.26. The van der Waals surface area contributed by atoms with E-state index in [2.05, 4.69) is 57.6 Å². The highest BCUT2D eigenvalue weighted by molar-refractivity contribution is 5.93. The summed E-state index contributed by atoms with van der Waals surface area (Å²) in [5.74, 6) is 0.970. The van der Waals surface area contributed by atoms with Gasteiger partial charge in [0.15, 0.2) is 0 Å². The van der Waals surface area contributed by atoms with Crippen LogP contribution in [0.1, 0.15) is 60.8 Å². The smallest absolute Gasteiger partial charge is 0.247 e. The van der Waals surface area contributed by atoms with E-state index in [0.29, 0.717) is 12.7 Å². The van der Waals surface area contributed by atoms with Crippen LogP contribution >= 0.6 is 0 Å². The standard InChI is InChI=1S/C25H29N3O/c29-24-25(28(17-26-24)20-9-2-1-3-10-20)12-14-27(15-13-25)22-16-19-8-4-6-18-7-5-11-21(22)23(18)19/h1-3,5,7,9-11,19,22H,4,6,8,12-17H2,(H,26,29). The van der Waals surface area contributed by atoms with E-state index in [-0.39, 0.29) is 11.4 Å². The summed E-state index contributed by atoms with van der Waals surface area (Å²) in [7, 11) is 0. The third-order valence-corrected chi connectivity index (χ3v) is 7.97. The Balaban J connectivity index is 1.25. The molecule has 6 rings (SSSR count). The minimum atomic E-state index is -0.380. The van der Waals surface area contributed by atoms with Crippen LogP contribution in [0.3, 0.4) is 0 Å². The summed E-state index contributed by atoms with van der Waals surface area (Å²) >= 11 is 0. The zero-order valence-electron chi connectivity index (χ0n) is 16.9.